The number of rotatable bonds is 4. The minimum absolute atomic E-state index is 0.0378. The minimum Gasteiger partial charge on any atom is -0.486 e. The maximum absolute atomic E-state index is 12.9. The number of hydrogen-bond acceptors (Lipinski definition) is 4. The standard InChI is InChI=1S/C21H20ClNO4/c22-15-4-6-16-14(9-15)11-19(27-16)21(24)23-20(12-1-2-12)13-3-5-17-18(10-13)26-8-7-25-17/h3-6,9-10,12,19-20H,1-2,7-8,11H2,(H,23,24). The smallest absolute Gasteiger partial charge is 0.261 e. The van der Waals surface area contributed by atoms with Crippen LogP contribution in [-0.2, 0) is 11.2 Å². The second kappa shape index (κ2) is 6.64. The van der Waals surface area contributed by atoms with Crippen LogP contribution in [0.25, 0.3) is 0 Å². The van der Waals surface area contributed by atoms with Crippen LogP contribution in [-0.4, -0.2) is 25.2 Å². The van der Waals surface area contributed by atoms with Crippen molar-refractivity contribution in [3.05, 3.63) is 52.5 Å². The lowest BCUT2D eigenvalue weighted by Gasteiger charge is -2.24. The van der Waals surface area contributed by atoms with Crippen LogP contribution in [0.5, 0.6) is 17.2 Å². The van der Waals surface area contributed by atoms with Gasteiger partial charge in [0, 0.05) is 11.4 Å². The van der Waals surface area contributed by atoms with Gasteiger partial charge in [-0.05, 0) is 60.2 Å². The van der Waals surface area contributed by atoms with E-state index in [1.165, 1.54) is 0 Å². The first kappa shape index (κ1) is 16.8. The fourth-order valence-electron chi connectivity index (χ4n) is 3.77. The van der Waals surface area contributed by atoms with Gasteiger partial charge in [-0.25, -0.2) is 0 Å². The summed E-state index contributed by atoms with van der Waals surface area (Å²) in [6.45, 7) is 1.12. The van der Waals surface area contributed by atoms with Gasteiger partial charge in [-0.3, -0.25) is 4.79 Å². The number of fused-ring (bicyclic) bond motifs is 2. The van der Waals surface area contributed by atoms with E-state index in [4.69, 9.17) is 25.8 Å². The summed E-state index contributed by atoms with van der Waals surface area (Å²) in [4.78, 5) is 12.9. The first-order chi connectivity index (χ1) is 13.2. The van der Waals surface area contributed by atoms with Crippen LogP contribution in [0, 0.1) is 5.92 Å². The molecule has 2 aromatic rings. The van der Waals surface area contributed by atoms with E-state index >= 15 is 0 Å². The number of carbonyl (C=O) groups is 1. The van der Waals surface area contributed by atoms with Crippen molar-refractivity contribution in [3.8, 4) is 17.2 Å². The van der Waals surface area contributed by atoms with Gasteiger partial charge in [-0.1, -0.05) is 17.7 Å². The first-order valence-corrected chi connectivity index (χ1v) is 9.70. The van der Waals surface area contributed by atoms with Gasteiger partial charge in [0.2, 0.25) is 0 Å². The van der Waals surface area contributed by atoms with Gasteiger partial charge in [0.15, 0.2) is 17.6 Å². The van der Waals surface area contributed by atoms with Crippen LogP contribution in [0.2, 0.25) is 5.02 Å². The van der Waals surface area contributed by atoms with E-state index in [0.717, 1.165) is 41.2 Å². The number of carbonyl (C=O) groups excluding carboxylic acids is 1. The summed E-state index contributed by atoms with van der Waals surface area (Å²) in [5.41, 5.74) is 2.03. The fraction of sp³-hybridized carbons (Fsp3) is 0.381. The van der Waals surface area contributed by atoms with Crippen LogP contribution < -0.4 is 19.5 Å². The molecule has 0 bridgehead atoms. The molecule has 140 valence electrons. The number of halogens is 1. The Balaban J connectivity index is 1.33. The molecule has 2 aliphatic heterocycles. The van der Waals surface area contributed by atoms with E-state index in [0.29, 0.717) is 30.6 Å². The second-order valence-electron chi connectivity index (χ2n) is 7.29. The molecule has 1 aliphatic carbocycles. The maximum Gasteiger partial charge on any atom is 0.261 e. The molecule has 5 rings (SSSR count). The third-order valence-electron chi connectivity index (χ3n) is 5.31. The summed E-state index contributed by atoms with van der Waals surface area (Å²) in [6, 6.07) is 11.4. The summed E-state index contributed by atoms with van der Waals surface area (Å²) < 4.78 is 17.1. The summed E-state index contributed by atoms with van der Waals surface area (Å²) in [6.07, 6.45) is 2.25. The van der Waals surface area contributed by atoms with E-state index in [9.17, 15) is 4.79 Å². The number of benzene rings is 2. The van der Waals surface area contributed by atoms with Crippen molar-refractivity contribution in [2.45, 2.75) is 31.4 Å². The van der Waals surface area contributed by atoms with E-state index in [1.807, 2.05) is 30.3 Å². The zero-order chi connectivity index (χ0) is 18.4. The molecule has 2 heterocycles. The van der Waals surface area contributed by atoms with Crippen molar-refractivity contribution in [3.63, 3.8) is 0 Å². The topological polar surface area (TPSA) is 56.8 Å². The van der Waals surface area contributed by atoms with Gasteiger partial charge >= 0.3 is 0 Å². The SMILES string of the molecule is O=C(NC(c1ccc2c(c1)OCCO2)C1CC1)C1Cc2cc(Cl)ccc2O1. The Morgan fingerprint density at radius 3 is 2.63 bits per heavy atom. The van der Waals surface area contributed by atoms with Crippen LogP contribution in [0.3, 0.4) is 0 Å². The molecular formula is C21H20ClNO4. The molecule has 1 amide bonds. The summed E-state index contributed by atoms with van der Waals surface area (Å²) in [7, 11) is 0. The van der Waals surface area contributed by atoms with Crippen molar-refractivity contribution >= 4 is 17.5 Å². The summed E-state index contributed by atoms with van der Waals surface area (Å²) >= 11 is 6.04. The largest absolute Gasteiger partial charge is 0.486 e. The Morgan fingerprint density at radius 2 is 1.81 bits per heavy atom. The molecule has 6 heteroatoms. The molecule has 0 radical (unpaired) electrons. The number of hydrogen-bond donors (Lipinski definition) is 1. The highest BCUT2D eigenvalue weighted by Gasteiger charge is 2.37. The lowest BCUT2D eigenvalue weighted by molar-refractivity contribution is -0.128. The highest BCUT2D eigenvalue weighted by Crippen LogP contribution is 2.43. The fourth-order valence-corrected chi connectivity index (χ4v) is 3.96. The van der Waals surface area contributed by atoms with Gasteiger partial charge in [0.25, 0.3) is 5.91 Å². The van der Waals surface area contributed by atoms with Crippen molar-refractivity contribution in [2.24, 2.45) is 5.92 Å². The maximum atomic E-state index is 12.9. The predicted octanol–water partition coefficient (Wildman–Crippen LogP) is 3.68. The molecule has 0 aromatic heterocycles. The third-order valence-corrected chi connectivity index (χ3v) is 5.54. The quantitative estimate of drug-likeness (QED) is 0.872. The van der Waals surface area contributed by atoms with Gasteiger partial charge < -0.3 is 19.5 Å². The Hall–Kier alpha value is -2.40. The molecular weight excluding hydrogens is 366 g/mol. The zero-order valence-corrected chi connectivity index (χ0v) is 15.5. The lowest BCUT2D eigenvalue weighted by atomic mass is 10.0. The molecule has 1 saturated carbocycles. The second-order valence-corrected chi connectivity index (χ2v) is 7.73. The van der Waals surface area contributed by atoms with Crippen molar-refractivity contribution in [1.29, 1.82) is 0 Å². The molecule has 3 aliphatic rings. The average molecular weight is 386 g/mol. The molecule has 1 fully saturated rings. The Kier molecular flexibility index (Phi) is 4.12. The van der Waals surface area contributed by atoms with Crippen LogP contribution >= 0.6 is 11.6 Å². The molecule has 1 N–H and O–H groups in total. The van der Waals surface area contributed by atoms with E-state index < -0.39 is 6.10 Å². The molecule has 5 nitrogen and oxygen atoms in total. The lowest BCUT2D eigenvalue weighted by Crippen LogP contribution is -2.40. The predicted molar refractivity (Wildman–Crippen MR) is 101 cm³/mol. The zero-order valence-electron chi connectivity index (χ0n) is 14.7. The Morgan fingerprint density at radius 1 is 1.04 bits per heavy atom. The monoisotopic (exact) mass is 385 g/mol. The molecule has 2 aromatic carbocycles. The van der Waals surface area contributed by atoms with Crippen LogP contribution in [0.1, 0.15) is 30.0 Å². The van der Waals surface area contributed by atoms with E-state index in [2.05, 4.69) is 5.32 Å². The highest BCUT2D eigenvalue weighted by atomic mass is 35.5. The number of ether oxygens (including phenoxy) is 3. The normalized spacial score (nSPS) is 21.1. The van der Waals surface area contributed by atoms with Crippen molar-refractivity contribution in [2.75, 3.05) is 13.2 Å². The number of nitrogens with one attached hydrogen (secondary N) is 1. The minimum atomic E-state index is -0.517. The van der Waals surface area contributed by atoms with Crippen LogP contribution in [0.15, 0.2) is 36.4 Å². The van der Waals surface area contributed by atoms with Gasteiger partial charge in [-0.15, -0.1) is 0 Å². The first-order valence-electron chi connectivity index (χ1n) is 9.32. The van der Waals surface area contributed by atoms with E-state index in [-0.39, 0.29) is 11.9 Å². The van der Waals surface area contributed by atoms with E-state index in [1.54, 1.807) is 6.07 Å². The molecule has 2 atom stereocenters. The molecule has 0 spiro atoms. The Labute approximate surface area is 162 Å². The average Bonchev–Trinajstić information content (AvgIpc) is 3.44. The number of amides is 1. The summed E-state index contributed by atoms with van der Waals surface area (Å²) in [5, 5.41) is 3.86. The summed E-state index contributed by atoms with van der Waals surface area (Å²) in [5.74, 6) is 2.61. The molecule has 27 heavy (non-hydrogen) atoms. The van der Waals surface area contributed by atoms with Crippen molar-refractivity contribution in [1.82, 2.24) is 5.32 Å². The molecule has 0 saturated heterocycles. The highest BCUT2D eigenvalue weighted by molar-refractivity contribution is 6.30. The molecule has 2 unspecified atom stereocenters. The van der Waals surface area contributed by atoms with Gasteiger partial charge in [0.1, 0.15) is 19.0 Å². The van der Waals surface area contributed by atoms with Crippen LogP contribution in [0.4, 0.5) is 0 Å². The van der Waals surface area contributed by atoms with Gasteiger partial charge in [0.05, 0.1) is 6.04 Å². The van der Waals surface area contributed by atoms with Crippen molar-refractivity contribution < 1.29 is 19.0 Å². The third kappa shape index (κ3) is 3.32. The Bertz CT molecular complexity index is 896. The van der Waals surface area contributed by atoms with Gasteiger partial charge in [-0.2, -0.15) is 0 Å².